The van der Waals surface area contributed by atoms with E-state index in [4.69, 9.17) is 4.74 Å². The van der Waals surface area contributed by atoms with Crippen LogP contribution in [0.15, 0.2) is 91.1 Å². The molecule has 38 heavy (non-hydrogen) atoms. The first-order valence-electron chi connectivity index (χ1n) is 12.5. The number of alkyl carbamates (subject to hydrolysis) is 1. The Morgan fingerprint density at radius 2 is 1.50 bits per heavy atom. The van der Waals surface area contributed by atoms with E-state index in [2.05, 4.69) is 15.6 Å². The van der Waals surface area contributed by atoms with Crippen LogP contribution in [0.5, 0.6) is 0 Å². The minimum absolute atomic E-state index is 0.0183. The molecule has 0 aliphatic rings. The number of ether oxygens (including phenoxy) is 1. The average molecular weight is 530 g/mol. The third-order valence-corrected chi connectivity index (χ3v) is 7.05. The van der Waals surface area contributed by atoms with E-state index >= 15 is 0 Å². The summed E-state index contributed by atoms with van der Waals surface area (Å²) in [4.78, 5) is 41.2. The van der Waals surface area contributed by atoms with Crippen LogP contribution in [-0.2, 0) is 33.8 Å². The van der Waals surface area contributed by atoms with Crippen molar-refractivity contribution in [2.45, 2.75) is 38.5 Å². The largest absolute Gasteiger partial charge is 0.445 e. The number of rotatable bonds is 11. The van der Waals surface area contributed by atoms with Gasteiger partial charge < -0.3 is 20.4 Å². The molecule has 4 rings (SSSR count). The summed E-state index contributed by atoms with van der Waals surface area (Å²) < 4.78 is 5.41. The van der Waals surface area contributed by atoms with E-state index in [9.17, 15) is 14.4 Å². The molecule has 4 aromatic rings. The van der Waals surface area contributed by atoms with Gasteiger partial charge in [0.05, 0.1) is 0 Å². The lowest BCUT2D eigenvalue weighted by Gasteiger charge is -2.23. The van der Waals surface area contributed by atoms with Crippen LogP contribution in [0.2, 0.25) is 0 Å². The molecule has 8 heteroatoms. The van der Waals surface area contributed by atoms with Gasteiger partial charge in [-0.15, -0.1) is 0 Å². The van der Waals surface area contributed by atoms with Gasteiger partial charge in [-0.05, 0) is 29.2 Å². The number of hydrogen-bond acceptors (Lipinski definition) is 5. The normalized spacial score (nSPS) is 12.4. The highest BCUT2D eigenvalue weighted by Crippen LogP contribution is 2.20. The Kier molecular flexibility index (Phi) is 9.59. The lowest BCUT2D eigenvalue weighted by atomic mass is 10.0. The Morgan fingerprint density at radius 3 is 2.21 bits per heavy atom. The summed E-state index contributed by atoms with van der Waals surface area (Å²) in [5.74, 6) is 0.0887. The van der Waals surface area contributed by atoms with Crippen molar-refractivity contribution in [2.75, 3.05) is 5.75 Å². The number of aromatic amines is 1. The molecule has 2 unspecified atom stereocenters. The summed E-state index contributed by atoms with van der Waals surface area (Å²) in [6.45, 7) is 1.61. The third kappa shape index (κ3) is 7.98. The zero-order valence-electron chi connectivity index (χ0n) is 21.2. The summed E-state index contributed by atoms with van der Waals surface area (Å²) in [5, 5.41) is 6.80. The SMILES string of the molecule is CC(=O)SCC(Cc1ccccc1)NC(=O)C(Cc1c[nH]c2ccccc12)NC(=O)OCc1ccccc1. The number of carbonyl (C=O) groups excluding carboxylic acids is 3. The molecular weight excluding hydrogens is 498 g/mol. The molecule has 0 bridgehead atoms. The minimum atomic E-state index is -0.877. The van der Waals surface area contributed by atoms with Crippen LogP contribution < -0.4 is 10.6 Å². The molecule has 196 valence electrons. The first kappa shape index (κ1) is 27.0. The van der Waals surface area contributed by atoms with E-state index in [1.807, 2.05) is 91.1 Å². The van der Waals surface area contributed by atoms with Gasteiger partial charge in [0.1, 0.15) is 12.6 Å². The van der Waals surface area contributed by atoms with Gasteiger partial charge in [-0.1, -0.05) is 90.6 Å². The number of thioether (sulfide) groups is 1. The summed E-state index contributed by atoms with van der Waals surface area (Å²) in [5.41, 5.74) is 3.75. The maximum atomic E-state index is 13.6. The average Bonchev–Trinajstić information content (AvgIpc) is 3.34. The number of hydrogen-bond donors (Lipinski definition) is 3. The highest BCUT2D eigenvalue weighted by molar-refractivity contribution is 8.13. The standard InChI is InChI=1S/C30H31N3O4S/c1-21(34)38-20-25(16-22-10-4-2-5-11-22)32-29(35)28(17-24-18-31-27-15-9-8-14-26(24)27)33-30(36)37-19-23-12-6-3-7-13-23/h2-15,18,25,28,31H,16-17,19-20H2,1H3,(H,32,35)(H,33,36). The molecule has 2 atom stereocenters. The summed E-state index contributed by atoms with van der Waals surface area (Å²) in [7, 11) is 0. The van der Waals surface area contributed by atoms with Crippen molar-refractivity contribution in [3.8, 4) is 0 Å². The monoisotopic (exact) mass is 529 g/mol. The molecule has 7 nitrogen and oxygen atoms in total. The molecule has 0 saturated carbocycles. The molecule has 3 N–H and O–H groups in total. The first-order valence-corrected chi connectivity index (χ1v) is 13.5. The number of amides is 2. The van der Waals surface area contributed by atoms with Crippen LogP contribution >= 0.6 is 11.8 Å². The predicted octanol–water partition coefficient (Wildman–Crippen LogP) is 5.01. The number of aromatic nitrogens is 1. The number of nitrogens with one attached hydrogen (secondary N) is 3. The van der Waals surface area contributed by atoms with E-state index in [1.165, 1.54) is 18.7 Å². The second-order valence-electron chi connectivity index (χ2n) is 9.02. The van der Waals surface area contributed by atoms with Gasteiger partial charge >= 0.3 is 6.09 Å². The number of carbonyl (C=O) groups is 3. The van der Waals surface area contributed by atoms with Crippen molar-refractivity contribution >= 4 is 39.8 Å². The Labute approximate surface area is 226 Å². The van der Waals surface area contributed by atoms with Gasteiger partial charge in [0.25, 0.3) is 0 Å². The molecule has 1 heterocycles. The maximum absolute atomic E-state index is 13.6. The van der Waals surface area contributed by atoms with Gasteiger partial charge in [-0.3, -0.25) is 9.59 Å². The van der Waals surface area contributed by atoms with Crippen LogP contribution in [0.4, 0.5) is 4.79 Å². The van der Waals surface area contributed by atoms with E-state index in [1.54, 1.807) is 0 Å². The summed E-state index contributed by atoms with van der Waals surface area (Å²) in [6.07, 6.45) is 2.01. The quantitative estimate of drug-likeness (QED) is 0.254. The zero-order chi connectivity index (χ0) is 26.7. The van der Waals surface area contributed by atoms with Crippen molar-refractivity contribution < 1.29 is 19.1 Å². The number of para-hydroxylation sites is 1. The minimum Gasteiger partial charge on any atom is -0.445 e. The lowest BCUT2D eigenvalue weighted by molar-refractivity contribution is -0.123. The Hall–Kier alpha value is -4.04. The third-order valence-electron chi connectivity index (χ3n) is 6.08. The van der Waals surface area contributed by atoms with Crippen LogP contribution in [0.1, 0.15) is 23.6 Å². The second kappa shape index (κ2) is 13.5. The molecule has 3 aromatic carbocycles. The summed E-state index contributed by atoms with van der Waals surface area (Å²) >= 11 is 1.17. The van der Waals surface area contributed by atoms with Gasteiger partial charge in [0.15, 0.2) is 5.12 Å². The van der Waals surface area contributed by atoms with E-state index in [-0.39, 0.29) is 30.1 Å². The predicted molar refractivity (Wildman–Crippen MR) is 151 cm³/mol. The van der Waals surface area contributed by atoms with Crippen LogP contribution in [-0.4, -0.2) is 39.9 Å². The molecular formula is C30H31N3O4S. The molecule has 0 aliphatic carbocycles. The van der Waals surface area contributed by atoms with E-state index in [0.717, 1.165) is 27.6 Å². The fourth-order valence-corrected chi connectivity index (χ4v) is 4.84. The highest BCUT2D eigenvalue weighted by atomic mass is 32.2. The second-order valence-corrected chi connectivity index (χ2v) is 10.2. The first-order chi connectivity index (χ1) is 18.5. The summed E-state index contributed by atoms with van der Waals surface area (Å²) in [6, 6.07) is 25.8. The van der Waals surface area contributed by atoms with Crippen LogP contribution in [0.25, 0.3) is 10.9 Å². The van der Waals surface area contributed by atoms with Crippen LogP contribution in [0, 0.1) is 0 Å². The van der Waals surface area contributed by atoms with Crippen molar-refractivity contribution in [1.29, 1.82) is 0 Å². The Bertz CT molecular complexity index is 1360. The Balaban J connectivity index is 1.50. The fourth-order valence-electron chi connectivity index (χ4n) is 4.21. The van der Waals surface area contributed by atoms with Gasteiger partial charge in [0, 0.05) is 42.2 Å². The van der Waals surface area contributed by atoms with Crippen molar-refractivity contribution in [3.05, 3.63) is 108 Å². The molecule has 0 spiro atoms. The van der Waals surface area contributed by atoms with E-state index < -0.39 is 12.1 Å². The molecule has 1 aromatic heterocycles. The number of H-pyrrole nitrogens is 1. The number of benzene rings is 3. The topological polar surface area (TPSA) is 100 Å². The maximum Gasteiger partial charge on any atom is 0.408 e. The van der Waals surface area contributed by atoms with Crippen molar-refractivity contribution in [1.82, 2.24) is 15.6 Å². The van der Waals surface area contributed by atoms with Gasteiger partial charge in [-0.25, -0.2) is 4.79 Å². The Morgan fingerprint density at radius 1 is 0.842 bits per heavy atom. The number of fused-ring (bicyclic) bond motifs is 1. The lowest BCUT2D eigenvalue weighted by Crippen LogP contribution is -2.51. The van der Waals surface area contributed by atoms with Gasteiger partial charge in [-0.2, -0.15) is 0 Å². The zero-order valence-corrected chi connectivity index (χ0v) is 22.0. The fraction of sp³-hybridized carbons (Fsp3) is 0.233. The highest BCUT2D eigenvalue weighted by Gasteiger charge is 2.26. The molecule has 2 amide bonds. The molecule has 0 fully saturated rings. The smallest absolute Gasteiger partial charge is 0.408 e. The molecule has 0 saturated heterocycles. The van der Waals surface area contributed by atoms with Gasteiger partial charge in [0.2, 0.25) is 5.91 Å². The van der Waals surface area contributed by atoms with Crippen molar-refractivity contribution in [2.24, 2.45) is 0 Å². The molecule has 0 radical (unpaired) electrons. The van der Waals surface area contributed by atoms with E-state index in [0.29, 0.717) is 12.2 Å². The molecule has 0 aliphatic heterocycles. The van der Waals surface area contributed by atoms with Crippen molar-refractivity contribution in [3.63, 3.8) is 0 Å². The van der Waals surface area contributed by atoms with Crippen LogP contribution in [0.3, 0.4) is 0 Å².